The van der Waals surface area contributed by atoms with E-state index >= 15 is 0 Å². The molecule has 1 fully saturated rings. The summed E-state index contributed by atoms with van der Waals surface area (Å²) in [6.07, 6.45) is 4.58. The number of nitrogens with two attached hydrogens (primary N) is 1. The Morgan fingerprint density at radius 2 is 1.93 bits per heavy atom. The molecule has 0 unspecified atom stereocenters. The first-order valence-electron chi connectivity index (χ1n) is 8.76. The Balaban J connectivity index is 1.80. The van der Waals surface area contributed by atoms with Crippen LogP contribution in [-0.4, -0.2) is 41.8 Å². The molecule has 3 heterocycles. The zero-order valence-corrected chi connectivity index (χ0v) is 15.3. The predicted octanol–water partition coefficient (Wildman–Crippen LogP) is 1.96. The summed E-state index contributed by atoms with van der Waals surface area (Å²) in [4.78, 5) is 8.60. The Hall–Kier alpha value is -3.24. The summed E-state index contributed by atoms with van der Waals surface area (Å²) < 4.78 is 12.8. The molecule has 1 aliphatic heterocycles. The molecule has 2 aromatic heterocycles. The molecular formula is C20H21N5O2. The highest BCUT2D eigenvalue weighted by molar-refractivity contribution is 5.92. The lowest BCUT2D eigenvalue weighted by molar-refractivity contribution is 0.394. The topological polar surface area (TPSA) is 87.2 Å². The van der Waals surface area contributed by atoms with Crippen LogP contribution in [0.3, 0.4) is 0 Å². The van der Waals surface area contributed by atoms with Gasteiger partial charge in [-0.1, -0.05) is 11.8 Å². The Kier molecular flexibility index (Phi) is 4.57. The number of nitrogen functional groups attached to an aromatic ring is 1. The molecule has 3 N–H and O–H groups in total. The number of ether oxygens (including phenoxy) is 2. The summed E-state index contributed by atoms with van der Waals surface area (Å²) in [5, 5.41) is 4.18. The van der Waals surface area contributed by atoms with Gasteiger partial charge in [0.2, 0.25) is 0 Å². The summed E-state index contributed by atoms with van der Waals surface area (Å²) in [5.74, 6) is 8.25. The van der Waals surface area contributed by atoms with Gasteiger partial charge in [0.05, 0.1) is 25.2 Å². The van der Waals surface area contributed by atoms with Crippen LogP contribution in [0.25, 0.3) is 11.0 Å². The maximum absolute atomic E-state index is 6.14. The fourth-order valence-electron chi connectivity index (χ4n) is 3.38. The van der Waals surface area contributed by atoms with Gasteiger partial charge in [0.15, 0.2) is 0 Å². The maximum atomic E-state index is 6.14. The van der Waals surface area contributed by atoms with Gasteiger partial charge in [-0.3, -0.25) is 0 Å². The second-order valence-corrected chi connectivity index (χ2v) is 6.41. The number of nitrogens with one attached hydrogen (secondary N) is 1. The first-order chi connectivity index (χ1) is 13.2. The summed E-state index contributed by atoms with van der Waals surface area (Å²) >= 11 is 0. The smallest absolute Gasteiger partial charge is 0.147 e. The van der Waals surface area contributed by atoms with Crippen molar-refractivity contribution in [2.45, 2.75) is 12.5 Å². The van der Waals surface area contributed by atoms with Crippen LogP contribution in [0, 0.1) is 11.8 Å². The number of fused-ring (bicyclic) bond motifs is 1. The third kappa shape index (κ3) is 3.27. The highest BCUT2D eigenvalue weighted by atomic mass is 16.5. The van der Waals surface area contributed by atoms with Gasteiger partial charge in [-0.2, -0.15) is 0 Å². The summed E-state index contributed by atoms with van der Waals surface area (Å²) in [5.41, 5.74) is 8.58. The molecule has 0 aliphatic carbocycles. The number of anilines is 1. The molecule has 7 nitrogen and oxygen atoms in total. The van der Waals surface area contributed by atoms with Crippen molar-refractivity contribution in [1.82, 2.24) is 19.9 Å². The molecule has 138 valence electrons. The molecule has 7 heteroatoms. The second kappa shape index (κ2) is 7.17. The van der Waals surface area contributed by atoms with E-state index in [0.717, 1.165) is 41.7 Å². The van der Waals surface area contributed by atoms with Gasteiger partial charge in [0.1, 0.15) is 29.3 Å². The van der Waals surface area contributed by atoms with Crippen molar-refractivity contribution in [3.8, 4) is 23.3 Å². The lowest BCUT2D eigenvalue weighted by Crippen LogP contribution is -2.13. The fraction of sp³-hybridized carbons (Fsp3) is 0.300. The van der Waals surface area contributed by atoms with Crippen LogP contribution in [0.2, 0.25) is 0 Å². The van der Waals surface area contributed by atoms with E-state index in [-0.39, 0.29) is 0 Å². The Morgan fingerprint density at radius 3 is 2.59 bits per heavy atom. The number of rotatable bonds is 3. The molecule has 27 heavy (non-hydrogen) atoms. The van der Waals surface area contributed by atoms with Crippen molar-refractivity contribution >= 4 is 16.9 Å². The highest BCUT2D eigenvalue weighted by Crippen LogP contribution is 2.28. The molecule has 1 saturated heterocycles. The number of benzene rings is 1. The SMILES string of the molecule is COc1cc(C#Cc2cn([C@H]3CCNC3)c3ncnc(N)c23)cc(OC)c1. The molecule has 1 aliphatic rings. The minimum Gasteiger partial charge on any atom is -0.497 e. The minimum absolute atomic E-state index is 0.342. The molecule has 0 bridgehead atoms. The number of hydrogen-bond acceptors (Lipinski definition) is 6. The van der Waals surface area contributed by atoms with Gasteiger partial charge in [0.25, 0.3) is 0 Å². The van der Waals surface area contributed by atoms with Crippen LogP contribution in [0.4, 0.5) is 5.82 Å². The standard InChI is InChI=1S/C20H21N5O2/c1-26-16-7-13(8-17(9-16)27-2)3-4-14-11-25(15-5-6-22-10-15)20-18(14)19(21)23-12-24-20/h7-9,11-12,15,22H,5-6,10H2,1-2H3,(H2,21,23,24)/t15-/m0/s1. The molecule has 4 rings (SSSR count). The van der Waals surface area contributed by atoms with E-state index in [1.807, 2.05) is 24.4 Å². The van der Waals surface area contributed by atoms with Crippen molar-refractivity contribution < 1.29 is 9.47 Å². The van der Waals surface area contributed by atoms with Gasteiger partial charge in [-0.05, 0) is 25.1 Å². The monoisotopic (exact) mass is 363 g/mol. The van der Waals surface area contributed by atoms with Crippen molar-refractivity contribution in [2.24, 2.45) is 0 Å². The lowest BCUT2D eigenvalue weighted by Gasteiger charge is -2.11. The van der Waals surface area contributed by atoms with Crippen LogP contribution >= 0.6 is 0 Å². The molecule has 0 spiro atoms. The average Bonchev–Trinajstić information content (AvgIpc) is 3.34. The van der Waals surface area contributed by atoms with Gasteiger partial charge in [0, 0.05) is 30.4 Å². The second-order valence-electron chi connectivity index (χ2n) is 6.41. The van der Waals surface area contributed by atoms with Crippen molar-refractivity contribution in [3.63, 3.8) is 0 Å². The van der Waals surface area contributed by atoms with E-state index in [1.165, 1.54) is 6.33 Å². The van der Waals surface area contributed by atoms with Crippen LogP contribution in [0.1, 0.15) is 23.6 Å². The summed E-state index contributed by atoms with van der Waals surface area (Å²) in [7, 11) is 3.24. The van der Waals surface area contributed by atoms with Crippen LogP contribution in [0.5, 0.6) is 11.5 Å². The first kappa shape index (κ1) is 17.2. The van der Waals surface area contributed by atoms with Crippen molar-refractivity contribution in [2.75, 3.05) is 33.0 Å². The van der Waals surface area contributed by atoms with Crippen molar-refractivity contribution in [1.29, 1.82) is 0 Å². The number of methoxy groups -OCH3 is 2. The Labute approximate surface area is 157 Å². The fourth-order valence-corrected chi connectivity index (χ4v) is 3.38. The summed E-state index contributed by atoms with van der Waals surface area (Å²) in [6, 6.07) is 5.90. The average molecular weight is 363 g/mol. The van der Waals surface area contributed by atoms with E-state index in [4.69, 9.17) is 15.2 Å². The van der Waals surface area contributed by atoms with E-state index in [9.17, 15) is 0 Å². The minimum atomic E-state index is 0.342. The highest BCUT2D eigenvalue weighted by Gasteiger charge is 2.21. The third-order valence-corrected chi connectivity index (χ3v) is 4.76. The molecule has 0 radical (unpaired) electrons. The molecule has 1 aromatic carbocycles. The Morgan fingerprint density at radius 1 is 1.15 bits per heavy atom. The predicted molar refractivity (Wildman–Crippen MR) is 104 cm³/mol. The van der Waals surface area contributed by atoms with Gasteiger partial charge in [-0.25, -0.2) is 9.97 Å². The zero-order chi connectivity index (χ0) is 18.8. The number of nitrogens with zero attached hydrogens (tertiary/aromatic N) is 3. The normalized spacial score (nSPS) is 16.1. The van der Waals surface area contributed by atoms with Gasteiger partial charge in [-0.15, -0.1) is 0 Å². The molecule has 0 saturated carbocycles. The zero-order valence-electron chi connectivity index (χ0n) is 15.3. The third-order valence-electron chi connectivity index (χ3n) is 4.76. The van der Waals surface area contributed by atoms with Crippen LogP contribution < -0.4 is 20.5 Å². The molecule has 3 aromatic rings. The van der Waals surface area contributed by atoms with E-state index < -0.39 is 0 Å². The van der Waals surface area contributed by atoms with Crippen molar-refractivity contribution in [3.05, 3.63) is 41.9 Å². The molecular weight excluding hydrogens is 342 g/mol. The Bertz CT molecular complexity index is 1020. The number of aromatic nitrogens is 3. The summed E-state index contributed by atoms with van der Waals surface area (Å²) in [6.45, 7) is 1.91. The molecule has 1 atom stereocenters. The lowest BCUT2D eigenvalue weighted by atomic mass is 10.1. The van der Waals surface area contributed by atoms with E-state index in [1.54, 1.807) is 14.2 Å². The maximum Gasteiger partial charge on any atom is 0.147 e. The van der Waals surface area contributed by atoms with Crippen LogP contribution in [-0.2, 0) is 0 Å². The van der Waals surface area contributed by atoms with E-state index in [2.05, 4.69) is 31.7 Å². The molecule has 0 amide bonds. The van der Waals surface area contributed by atoms with Gasteiger partial charge < -0.3 is 25.1 Å². The van der Waals surface area contributed by atoms with E-state index in [0.29, 0.717) is 23.4 Å². The largest absolute Gasteiger partial charge is 0.497 e. The van der Waals surface area contributed by atoms with Gasteiger partial charge >= 0.3 is 0 Å². The van der Waals surface area contributed by atoms with Crippen LogP contribution in [0.15, 0.2) is 30.7 Å². The number of hydrogen-bond donors (Lipinski definition) is 2. The quantitative estimate of drug-likeness (QED) is 0.692. The first-order valence-corrected chi connectivity index (χ1v) is 8.76.